The zero-order valence-corrected chi connectivity index (χ0v) is 47.1. The molecular weight excluding hydrogens is 1200 g/mol. The monoisotopic (exact) mass is 1240 g/mol. The fourth-order valence-electron chi connectivity index (χ4n) is 6.72. The van der Waals surface area contributed by atoms with Gasteiger partial charge in [-0.1, -0.05) is 140 Å². The van der Waals surface area contributed by atoms with Gasteiger partial charge in [0.1, 0.15) is 29.0 Å². The van der Waals surface area contributed by atoms with Gasteiger partial charge in [-0.05, 0) is 112 Å². The van der Waals surface area contributed by atoms with Gasteiger partial charge in [-0.25, -0.2) is 22.0 Å². The van der Waals surface area contributed by atoms with Crippen molar-refractivity contribution in [1.29, 1.82) is 5.26 Å². The van der Waals surface area contributed by atoms with Gasteiger partial charge < -0.3 is 78.8 Å². The van der Waals surface area contributed by atoms with Gasteiger partial charge in [-0.2, -0.15) is 5.26 Å². The predicted molar refractivity (Wildman–Crippen MR) is 297 cm³/mol. The van der Waals surface area contributed by atoms with Crippen LogP contribution in [0.15, 0.2) is 212 Å². The number of aromatic carboxylic acids is 7. The van der Waals surface area contributed by atoms with Gasteiger partial charge in [0, 0.05) is 42.7 Å². The molecule has 9 aromatic rings. The molecule has 0 saturated heterocycles. The Morgan fingerprint density at radius 2 is 0.681 bits per heavy atom. The fourth-order valence-corrected chi connectivity index (χ4v) is 6.72. The number of nitrogens with zero attached hydrogens (tertiary/aromatic N) is 1. The maximum atomic E-state index is 12.3. The molecule has 0 spiro atoms. The number of carboxylic acid groups (broad SMARTS) is 7. The Bertz CT molecular complexity index is 3960. The minimum Gasteiger partial charge on any atom is -0.545 e. The van der Waals surface area contributed by atoms with Gasteiger partial charge >= 0.3 is 11.9 Å². The molecule has 466 valence electrons. The van der Waals surface area contributed by atoms with Crippen LogP contribution in [-0.4, -0.2) is 53.7 Å². The summed E-state index contributed by atoms with van der Waals surface area (Å²) in [6.45, 7) is 2.33. The SMILES string of the molecule is CC(=O)Oc1cc(OC(C)=O)cc(C(=O)[O-])c1.N#Cc1ccc(C(=O)[O-])cc1.O=C([O-])c1cc(F)cc(F)c1.O=C([O-])c1ccc(-c2ccccc2)cc1.O=C([O-])c1ccc(Cc2ccccc2)cc1.O=C([O-])c1ccc(F)c(F)c1.O=C([O-])c1ccc(F)cc1. The van der Waals surface area contributed by atoms with Crippen LogP contribution in [0.1, 0.15) is 103 Å². The van der Waals surface area contributed by atoms with Crippen molar-refractivity contribution in [3.63, 3.8) is 0 Å². The molecule has 0 radical (unpaired) electrons. The number of carbonyl (C=O) groups is 9. The molecule has 24 heteroatoms. The number of nitriles is 1. The second-order valence-corrected chi connectivity index (χ2v) is 17.7. The molecule has 19 nitrogen and oxygen atoms in total. The van der Waals surface area contributed by atoms with Crippen LogP contribution >= 0.6 is 0 Å². The summed E-state index contributed by atoms with van der Waals surface area (Å²) in [4.78, 5) is 93.7. The average molecular weight is 1250 g/mol. The van der Waals surface area contributed by atoms with E-state index in [1.165, 1.54) is 35.9 Å². The molecule has 0 atom stereocenters. The van der Waals surface area contributed by atoms with Crippen LogP contribution < -0.4 is 45.2 Å². The molecule has 0 unspecified atom stereocenters. The number of ether oxygens (including phenoxy) is 2. The lowest BCUT2D eigenvalue weighted by atomic mass is 10.0. The van der Waals surface area contributed by atoms with E-state index >= 15 is 0 Å². The summed E-state index contributed by atoms with van der Waals surface area (Å²) in [5.74, 6) is -15.2. The first-order valence-corrected chi connectivity index (χ1v) is 25.5. The Kier molecular flexibility index (Phi) is 29.5. The fraction of sp³-hybridized carbons (Fsp3) is 0.0448. The Hall–Kier alpha value is -12.7. The van der Waals surface area contributed by atoms with Crippen molar-refractivity contribution in [1.82, 2.24) is 0 Å². The third-order valence-corrected chi connectivity index (χ3v) is 10.9. The van der Waals surface area contributed by atoms with Crippen molar-refractivity contribution in [2.75, 3.05) is 0 Å². The molecule has 0 aromatic heterocycles. The van der Waals surface area contributed by atoms with Crippen LogP contribution in [-0.2, 0) is 16.0 Å². The van der Waals surface area contributed by atoms with E-state index in [1.807, 2.05) is 78.9 Å². The third-order valence-electron chi connectivity index (χ3n) is 10.9. The summed E-state index contributed by atoms with van der Waals surface area (Å²) >= 11 is 0. The molecule has 0 aliphatic carbocycles. The standard InChI is InChI=1S/C14H12O2.C13H10O2.C11H10O6.C8H5NO2.2C7H4F2O2.C7H5FO2/c15-14(16)13-8-6-12(7-9-13)10-11-4-2-1-3-5-11;14-13(15)12-8-6-11(7-9-12)10-4-2-1-3-5-10;1-6(12)16-9-3-8(11(14)15)4-10(5-9)17-7(2)13;9-5-6-1-3-7(4-2-6)8(10)11;8-5-1-4(7(10)11)2-6(9)3-5;8-5-2-1-4(7(10)11)3-6(5)9;8-6-3-1-5(2-4-6)7(9)10/h1-9H,10H2,(H,15,16);1-9H,(H,14,15);3-5H,1-2H3,(H,14,15);1-4H,(H,10,11);2*1-3H,(H,10,11);1-4H,(H,9,10)/p-7. The minimum atomic E-state index is -1.59. The molecule has 0 bridgehead atoms. The van der Waals surface area contributed by atoms with Crippen LogP contribution in [0, 0.1) is 40.4 Å². The second-order valence-electron chi connectivity index (χ2n) is 17.7. The minimum absolute atomic E-state index is 0.0126. The van der Waals surface area contributed by atoms with Crippen LogP contribution in [0.2, 0.25) is 0 Å². The lowest BCUT2D eigenvalue weighted by Gasteiger charge is -2.09. The van der Waals surface area contributed by atoms with E-state index in [0.29, 0.717) is 29.8 Å². The highest BCUT2D eigenvalue weighted by molar-refractivity contribution is 5.89. The first-order chi connectivity index (χ1) is 43.0. The molecule has 0 heterocycles. The molecule has 91 heavy (non-hydrogen) atoms. The molecule has 9 aromatic carbocycles. The van der Waals surface area contributed by atoms with Crippen molar-refractivity contribution < 1.29 is 110 Å². The maximum absolute atomic E-state index is 12.3. The lowest BCUT2D eigenvalue weighted by Crippen LogP contribution is -2.22. The lowest BCUT2D eigenvalue weighted by molar-refractivity contribution is -0.256. The Morgan fingerprint density at radius 3 is 1.07 bits per heavy atom. The zero-order chi connectivity index (χ0) is 67.7. The van der Waals surface area contributed by atoms with Crippen molar-refractivity contribution in [3.05, 3.63) is 297 Å². The third kappa shape index (κ3) is 27.5. The highest BCUT2D eigenvalue weighted by Gasteiger charge is 2.09. The van der Waals surface area contributed by atoms with Gasteiger partial charge in [-0.3, -0.25) is 9.59 Å². The number of esters is 2. The molecule has 0 fully saturated rings. The Labute approximate surface area is 513 Å². The van der Waals surface area contributed by atoms with E-state index in [1.54, 1.807) is 36.4 Å². The largest absolute Gasteiger partial charge is 0.545 e. The average Bonchev–Trinajstić information content (AvgIpc) is 2.78. The second kappa shape index (κ2) is 37.0. The maximum Gasteiger partial charge on any atom is 0.308 e. The molecule has 0 saturated carbocycles. The number of carbonyl (C=O) groups excluding carboxylic acids is 9. The van der Waals surface area contributed by atoms with Gasteiger partial charge in [0.2, 0.25) is 0 Å². The summed E-state index contributed by atoms with van der Waals surface area (Å²) in [7, 11) is 0. The van der Waals surface area contributed by atoms with E-state index in [2.05, 4.69) is 0 Å². The number of hydrogen-bond donors (Lipinski definition) is 0. The van der Waals surface area contributed by atoms with Crippen LogP contribution in [0.5, 0.6) is 11.5 Å². The summed E-state index contributed by atoms with van der Waals surface area (Å²) in [6.07, 6.45) is 0.814. The van der Waals surface area contributed by atoms with Crippen LogP contribution in [0.25, 0.3) is 11.1 Å². The molecule has 9 rings (SSSR count). The van der Waals surface area contributed by atoms with Crippen molar-refractivity contribution in [3.8, 4) is 28.7 Å². The first-order valence-electron chi connectivity index (χ1n) is 25.5. The van der Waals surface area contributed by atoms with E-state index < -0.39 is 88.4 Å². The van der Waals surface area contributed by atoms with Crippen molar-refractivity contribution in [2.45, 2.75) is 20.3 Å². The molecule has 0 aliphatic rings. The molecule has 0 N–H and O–H groups in total. The van der Waals surface area contributed by atoms with Gasteiger partial charge in [0.25, 0.3) is 0 Å². The van der Waals surface area contributed by atoms with Crippen molar-refractivity contribution >= 4 is 53.7 Å². The highest BCUT2D eigenvalue weighted by atomic mass is 19.2. The van der Waals surface area contributed by atoms with Gasteiger partial charge in [0.05, 0.1) is 53.4 Å². The number of rotatable bonds is 12. The smallest absolute Gasteiger partial charge is 0.308 e. The Morgan fingerprint density at radius 1 is 0.341 bits per heavy atom. The highest BCUT2D eigenvalue weighted by Crippen LogP contribution is 2.24. The topological polar surface area (TPSA) is 357 Å². The molecule has 0 amide bonds. The summed E-state index contributed by atoms with van der Waals surface area (Å²) in [6, 6.07) is 52.9. The number of benzene rings is 9. The van der Waals surface area contributed by atoms with Crippen LogP contribution in [0.4, 0.5) is 22.0 Å². The summed E-state index contributed by atoms with van der Waals surface area (Å²) in [5.41, 5.74) is 4.20. The van der Waals surface area contributed by atoms with Crippen molar-refractivity contribution in [2.24, 2.45) is 0 Å². The molecular formula is C67H43F5NO18-7. The normalized spacial score (nSPS) is 9.56. The molecule has 0 aliphatic heterocycles. The summed E-state index contributed by atoms with van der Waals surface area (Å²) < 4.78 is 70.5. The zero-order valence-electron chi connectivity index (χ0n) is 47.1. The number of carboxylic acids is 7. The number of hydrogen-bond acceptors (Lipinski definition) is 19. The number of halogens is 5. The quantitative estimate of drug-likeness (QED) is 0.0946. The Balaban J connectivity index is 0.000000280. The van der Waals surface area contributed by atoms with Gasteiger partial charge in [0.15, 0.2) is 11.6 Å². The summed E-state index contributed by atoms with van der Waals surface area (Å²) in [5, 5.41) is 80.5. The van der Waals surface area contributed by atoms with E-state index in [4.69, 9.17) is 14.7 Å². The van der Waals surface area contributed by atoms with E-state index in [-0.39, 0.29) is 44.9 Å². The van der Waals surface area contributed by atoms with Gasteiger partial charge in [-0.15, -0.1) is 0 Å². The first kappa shape index (κ1) is 72.6. The van der Waals surface area contributed by atoms with Crippen LogP contribution in [0.3, 0.4) is 0 Å². The van der Waals surface area contributed by atoms with E-state index in [9.17, 15) is 101 Å². The predicted octanol–water partition coefficient (Wildman–Crippen LogP) is 4.03. The van der Waals surface area contributed by atoms with E-state index in [0.717, 1.165) is 85.5 Å².